The number of nitrogens with one attached hydrogen (secondary N) is 1. The molecular weight excluding hydrogens is 234 g/mol. The third-order valence-electron chi connectivity index (χ3n) is 2.91. The lowest BCUT2D eigenvalue weighted by atomic mass is 10.0. The maximum Gasteiger partial charge on any atom is 0.251 e. The number of hydrazine groups is 1. The Morgan fingerprint density at radius 1 is 1.53 bits per heavy atom. The van der Waals surface area contributed by atoms with E-state index in [1.807, 2.05) is 17.8 Å². The van der Waals surface area contributed by atoms with Gasteiger partial charge in [-0.2, -0.15) is 0 Å². The van der Waals surface area contributed by atoms with E-state index in [-0.39, 0.29) is 5.91 Å². The maximum atomic E-state index is 11.2. The van der Waals surface area contributed by atoms with Gasteiger partial charge in [0.15, 0.2) is 0 Å². The van der Waals surface area contributed by atoms with Gasteiger partial charge < -0.3 is 5.73 Å². The van der Waals surface area contributed by atoms with E-state index in [9.17, 15) is 4.79 Å². The van der Waals surface area contributed by atoms with Crippen molar-refractivity contribution in [2.45, 2.75) is 30.2 Å². The van der Waals surface area contributed by atoms with Crippen LogP contribution in [0.1, 0.15) is 17.5 Å². The van der Waals surface area contributed by atoms with Crippen LogP contribution in [0, 0.1) is 0 Å². The largest absolute Gasteiger partial charge is 0.320 e. The summed E-state index contributed by atoms with van der Waals surface area (Å²) < 4.78 is 0. The Hall–Kier alpha value is -1.04. The Morgan fingerprint density at radius 3 is 3.12 bits per heavy atom. The minimum absolute atomic E-state index is 0.322. The Labute approximate surface area is 105 Å². The highest BCUT2D eigenvalue weighted by molar-refractivity contribution is 7.99. The SMILES string of the molecule is NNC(=O)C(N)Cc1ccc2c(c1)CCCS2. The van der Waals surface area contributed by atoms with Gasteiger partial charge in [0.1, 0.15) is 0 Å². The van der Waals surface area contributed by atoms with E-state index in [0.717, 1.165) is 12.0 Å². The lowest BCUT2D eigenvalue weighted by Gasteiger charge is -2.17. The fourth-order valence-corrected chi connectivity index (χ4v) is 3.01. The smallest absolute Gasteiger partial charge is 0.251 e. The molecule has 0 aromatic heterocycles. The van der Waals surface area contributed by atoms with Crippen molar-refractivity contribution in [3.63, 3.8) is 0 Å². The lowest BCUT2D eigenvalue weighted by Crippen LogP contribution is -2.45. The standard InChI is InChI=1S/C12H17N3OS/c13-10(12(16)15-14)7-8-3-4-11-9(6-8)2-1-5-17-11/h3-4,6,10H,1-2,5,7,13-14H2,(H,15,16). The molecule has 92 valence electrons. The topological polar surface area (TPSA) is 81.1 Å². The number of aryl methyl sites for hydroxylation is 1. The number of hydrogen-bond acceptors (Lipinski definition) is 4. The average molecular weight is 251 g/mol. The summed E-state index contributed by atoms with van der Waals surface area (Å²) >= 11 is 1.90. The Balaban J connectivity index is 2.09. The fraction of sp³-hybridized carbons (Fsp3) is 0.417. The molecule has 0 saturated carbocycles. The van der Waals surface area contributed by atoms with Crippen molar-refractivity contribution in [1.29, 1.82) is 0 Å². The molecule has 0 fully saturated rings. The molecule has 0 spiro atoms. The van der Waals surface area contributed by atoms with Gasteiger partial charge in [-0.3, -0.25) is 10.2 Å². The predicted octanol–water partition coefficient (Wildman–Crippen LogP) is 0.585. The Morgan fingerprint density at radius 2 is 2.35 bits per heavy atom. The summed E-state index contributed by atoms with van der Waals surface area (Å²) in [5.74, 6) is 5.93. The normalized spacial score (nSPS) is 16.1. The van der Waals surface area contributed by atoms with E-state index in [4.69, 9.17) is 11.6 Å². The van der Waals surface area contributed by atoms with Gasteiger partial charge >= 0.3 is 0 Å². The summed E-state index contributed by atoms with van der Waals surface area (Å²) in [4.78, 5) is 12.6. The monoisotopic (exact) mass is 251 g/mol. The molecule has 4 nitrogen and oxygen atoms in total. The van der Waals surface area contributed by atoms with Gasteiger partial charge in [-0.1, -0.05) is 12.1 Å². The summed E-state index contributed by atoms with van der Waals surface area (Å²) in [5, 5.41) is 0. The van der Waals surface area contributed by atoms with Gasteiger partial charge in [0.25, 0.3) is 5.91 Å². The van der Waals surface area contributed by atoms with E-state index in [1.54, 1.807) is 0 Å². The summed E-state index contributed by atoms with van der Waals surface area (Å²) in [5.41, 5.74) is 10.3. The molecular formula is C12H17N3OS. The van der Waals surface area contributed by atoms with Crippen LogP contribution in [-0.4, -0.2) is 17.7 Å². The second-order valence-corrected chi connectivity index (χ2v) is 5.35. The minimum atomic E-state index is -0.575. The van der Waals surface area contributed by atoms with Crippen molar-refractivity contribution >= 4 is 17.7 Å². The molecule has 1 atom stereocenters. The summed E-state index contributed by atoms with van der Waals surface area (Å²) in [7, 11) is 0. The molecule has 1 aliphatic rings. The van der Waals surface area contributed by atoms with Crippen LogP contribution in [0.4, 0.5) is 0 Å². The maximum absolute atomic E-state index is 11.2. The number of thioether (sulfide) groups is 1. The van der Waals surface area contributed by atoms with Crippen molar-refractivity contribution in [2.24, 2.45) is 11.6 Å². The van der Waals surface area contributed by atoms with Crippen molar-refractivity contribution in [2.75, 3.05) is 5.75 Å². The molecule has 0 aliphatic carbocycles. The van der Waals surface area contributed by atoms with E-state index in [2.05, 4.69) is 17.6 Å². The highest BCUT2D eigenvalue weighted by Crippen LogP contribution is 2.30. The molecule has 1 aliphatic heterocycles. The molecule has 1 heterocycles. The van der Waals surface area contributed by atoms with E-state index in [1.165, 1.54) is 22.6 Å². The zero-order chi connectivity index (χ0) is 12.3. The number of rotatable bonds is 3. The number of benzene rings is 1. The van der Waals surface area contributed by atoms with Crippen molar-refractivity contribution in [1.82, 2.24) is 5.43 Å². The molecule has 0 bridgehead atoms. The van der Waals surface area contributed by atoms with Crippen molar-refractivity contribution < 1.29 is 4.79 Å². The first-order valence-corrected chi connectivity index (χ1v) is 6.70. The Bertz CT molecular complexity index is 422. The Kier molecular flexibility index (Phi) is 4.04. The average Bonchev–Trinajstić information content (AvgIpc) is 2.37. The molecule has 2 rings (SSSR count). The lowest BCUT2D eigenvalue weighted by molar-refractivity contribution is -0.122. The first kappa shape index (κ1) is 12.4. The highest BCUT2D eigenvalue weighted by Gasteiger charge is 2.15. The van der Waals surface area contributed by atoms with Crippen LogP contribution in [0.5, 0.6) is 0 Å². The molecule has 1 aromatic carbocycles. The van der Waals surface area contributed by atoms with Gasteiger partial charge in [-0.05, 0) is 42.2 Å². The second-order valence-electron chi connectivity index (χ2n) is 4.21. The third kappa shape index (κ3) is 3.00. The quantitative estimate of drug-likeness (QED) is 0.417. The zero-order valence-electron chi connectivity index (χ0n) is 9.61. The molecule has 5 N–H and O–H groups in total. The van der Waals surface area contributed by atoms with Gasteiger partial charge in [0.2, 0.25) is 0 Å². The van der Waals surface area contributed by atoms with E-state index >= 15 is 0 Å². The number of nitrogens with two attached hydrogens (primary N) is 2. The first-order chi connectivity index (χ1) is 8.20. The number of hydrogen-bond donors (Lipinski definition) is 3. The molecule has 17 heavy (non-hydrogen) atoms. The van der Waals surface area contributed by atoms with Crippen LogP contribution < -0.4 is 17.0 Å². The third-order valence-corrected chi connectivity index (χ3v) is 4.11. The van der Waals surface area contributed by atoms with Crippen LogP contribution >= 0.6 is 11.8 Å². The van der Waals surface area contributed by atoms with Crippen molar-refractivity contribution in [3.8, 4) is 0 Å². The number of fused-ring (bicyclic) bond motifs is 1. The number of carbonyl (C=O) groups excluding carboxylic acids is 1. The van der Waals surface area contributed by atoms with Crippen LogP contribution in [0.2, 0.25) is 0 Å². The van der Waals surface area contributed by atoms with Gasteiger partial charge in [-0.15, -0.1) is 11.8 Å². The second kappa shape index (κ2) is 5.53. The van der Waals surface area contributed by atoms with Gasteiger partial charge in [0, 0.05) is 4.90 Å². The molecule has 1 aromatic rings. The highest BCUT2D eigenvalue weighted by atomic mass is 32.2. The van der Waals surface area contributed by atoms with Crippen LogP contribution in [0.15, 0.2) is 23.1 Å². The predicted molar refractivity (Wildman–Crippen MR) is 69.5 cm³/mol. The number of amides is 1. The number of carbonyl (C=O) groups is 1. The van der Waals surface area contributed by atoms with E-state index < -0.39 is 6.04 Å². The molecule has 0 saturated heterocycles. The molecule has 5 heteroatoms. The van der Waals surface area contributed by atoms with E-state index in [0.29, 0.717) is 6.42 Å². The first-order valence-electron chi connectivity index (χ1n) is 5.71. The zero-order valence-corrected chi connectivity index (χ0v) is 10.4. The summed E-state index contributed by atoms with van der Waals surface area (Å²) in [6.45, 7) is 0. The van der Waals surface area contributed by atoms with Gasteiger partial charge in [-0.25, -0.2) is 5.84 Å². The van der Waals surface area contributed by atoms with Gasteiger partial charge in [0.05, 0.1) is 6.04 Å². The van der Waals surface area contributed by atoms with Crippen LogP contribution in [-0.2, 0) is 17.6 Å². The summed E-state index contributed by atoms with van der Waals surface area (Å²) in [6, 6.07) is 5.75. The fourth-order valence-electron chi connectivity index (χ4n) is 1.99. The molecule has 1 amide bonds. The van der Waals surface area contributed by atoms with Crippen molar-refractivity contribution in [3.05, 3.63) is 29.3 Å². The van der Waals surface area contributed by atoms with Crippen LogP contribution in [0.3, 0.4) is 0 Å². The minimum Gasteiger partial charge on any atom is -0.320 e. The van der Waals surface area contributed by atoms with Crippen LogP contribution in [0.25, 0.3) is 0 Å². The summed E-state index contributed by atoms with van der Waals surface area (Å²) in [6.07, 6.45) is 2.87. The molecule has 1 unspecified atom stereocenters. The molecule has 0 radical (unpaired) electrons.